The molecule has 2 saturated heterocycles. The van der Waals surface area contributed by atoms with E-state index < -0.39 is 0 Å². The highest BCUT2D eigenvalue weighted by molar-refractivity contribution is 5.74. The smallest absolute Gasteiger partial charge is 0.317 e. The summed E-state index contributed by atoms with van der Waals surface area (Å²) in [6.45, 7) is 6.72. The van der Waals surface area contributed by atoms with E-state index in [1.54, 1.807) is 12.4 Å². The van der Waals surface area contributed by atoms with Gasteiger partial charge in [0.05, 0.1) is 0 Å². The van der Waals surface area contributed by atoms with Crippen LogP contribution < -0.4 is 10.2 Å². The summed E-state index contributed by atoms with van der Waals surface area (Å²) in [5.41, 5.74) is 1.43. The lowest BCUT2D eigenvalue weighted by Crippen LogP contribution is -2.52. The summed E-state index contributed by atoms with van der Waals surface area (Å²) < 4.78 is 0. The zero-order valence-electron chi connectivity index (χ0n) is 16.2. The Morgan fingerprint density at radius 1 is 1.00 bits per heavy atom. The second-order valence-corrected chi connectivity index (χ2v) is 7.45. The van der Waals surface area contributed by atoms with E-state index in [2.05, 4.69) is 55.4 Å². The van der Waals surface area contributed by atoms with Crippen LogP contribution in [-0.4, -0.2) is 78.2 Å². The highest BCUT2D eigenvalue weighted by Gasteiger charge is 2.25. The van der Waals surface area contributed by atoms with Crippen molar-refractivity contribution < 1.29 is 4.79 Å². The van der Waals surface area contributed by atoms with E-state index >= 15 is 0 Å². The monoisotopic (exact) mass is 380 g/mol. The van der Waals surface area contributed by atoms with Crippen LogP contribution in [0, 0.1) is 0 Å². The van der Waals surface area contributed by atoms with Gasteiger partial charge in [0.2, 0.25) is 5.95 Å². The number of nitrogens with zero attached hydrogens (tertiary/aromatic N) is 5. The largest absolute Gasteiger partial charge is 0.337 e. The number of piperazine rings is 1. The van der Waals surface area contributed by atoms with Crippen LogP contribution in [0.2, 0.25) is 0 Å². The van der Waals surface area contributed by atoms with Gasteiger partial charge in [-0.2, -0.15) is 0 Å². The zero-order chi connectivity index (χ0) is 19.2. The van der Waals surface area contributed by atoms with Crippen LogP contribution >= 0.6 is 0 Å². The molecule has 3 heterocycles. The lowest BCUT2D eigenvalue weighted by molar-refractivity contribution is 0.192. The number of urea groups is 1. The number of carbonyl (C=O) groups excluding carboxylic acids is 1. The van der Waals surface area contributed by atoms with Crippen LogP contribution in [0.15, 0.2) is 48.8 Å². The molecular formula is C21H28N6O. The third-order valence-electron chi connectivity index (χ3n) is 5.65. The second-order valence-electron chi connectivity index (χ2n) is 7.45. The van der Waals surface area contributed by atoms with E-state index in [1.807, 2.05) is 11.0 Å². The van der Waals surface area contributed by atoms with E-state index in [-0.39, 0.29) is 6.03 Å². The maximum absolute atomic E-state index is 12.4. The van der Waals surface area contributed by atoms with Crippen molar-refractivity contribution in [1.29, 1.82) is 0 Å². The number of anilines is 1. The highest BCUT2D eigenvalue weighted by atomic mass is 16.2. The lowest BCUT2D eigenvalue weighted by Gasteiger charge is -2.34. The van der Waals surface area contributed by atoms with Crippen LogP contribution in [0.25, 0.3) is 0 Å². The molecule has 148 valence electrons. The maximum atomic E-state index is 12.4. The summed E-state index contributed by atoms with van der Waals surface area (Å²) >= 11 is 0. The number of likely N-dealkylation sites (tertiary alicyclic amines) is 1. The van der Waals surface area contributed by atoms with Gasteiger partial charge in [0, 0.05) is 58.2 Å². The minimum absolute atomic E-state index is 0.0347. The predicted molar refractivity (Wildman–Crippen MR) is 109 cm³/mol. The number of rotatable bonds is 5. The van der Waals surface area contributed by atoms with E-state index in [0.29, 0.717) is 25.6 Å². The van der Waals surface area contributed by atoms with Crippen LogP contribution in [0.3, 0.4) is 0 Å². The molecule has 2 aliphatic heterocycles. The fraction of sp³-hybridized carbons (Fsp3) is 0.476. The van der Waals surface area contributed by atoms with Crippen molar-refractivity contribution in [2.24, 2.45) is 0 Å². The molecule has 1 unspecified atom stereocenters. The van der Waals surface area contributed by atoms with Crippen molar-refractivity contribution in [1.82, 2.24) is 25.1 Å². The van der Waals surface area contributed by atoms with Gasteiger partial charge in [-0.05, 0) is 30.5 Å². The Bertz CT molecular complexity index is 748. The summed E-state index contributed by atoms with van der Waals surface area (Å²) in [7, 11) is 0. The predicted octanol–water partition coefficient (Wildman–Crippen LogP) is 1.80. The summed E-state index contributed by atoms with van der Waals surface area (Å²) in [4.78, 5) is 27.5. The molecule has 0 saturated carbocycles. The molecule has 0 aliphatic carbocycles. The standard InChI is InChI=1S/C21H28N6O/c28-21(27-15-13-26(14-16-27)20-22-8-4-9-23-20)24-10-12-25-11-7-19(17-25)18-5-2-1-3-6-18/h1-6,8-9,19H,7,10-17H2,(H,24,28). The molecule has 2 aliphatic rings. The number of nitrogens with one attached hydrogen (secondary N) is 1. The molecule has 1 aromatic carbocycles. The van der Waals surface area contributed by atoms with Crippen molar-refractivity contribution in [3.8, 4) is 0 Å². The van der Waals surface area contributed by atoms with Crippen LogP contribution in [0.5, 0.6) is 0 Å². The molecule has 0 bridgehead atoms. The molecule has 2 amide bonds. The first kappa shape index (κ1) is 18.7. The van der Waals surface area contributed by atoms with Gasteiger partial charge < -0.3 is 20.0 Å². The molecule has 7 nitrogen and oxygen atoms in total. The quantitative estimate of drug-likeness (QED) is 0.857. The van der Waals surface area contributed by atoms with E-state index in [9.17, 15) is 4.79 Å². The average molecular weight is 380 g/mol. The molecule has 2 aromatic rings. The minimum Gasteiger partial charge on any atom is -0.337 e. The summed E-state index contributed by atoms with van der Waals surface area (Å²) in [6, 6.07) is 12.6. The molecule has 0 spiro atoms. The third-order valence-corrected chi connectivity index (χ3v) is 5.65. The van der Waals surface area contributed by atoms with E-state index in [0.717, 1.165) is 38.7 Å². The number of amides is 2. The Hall–Kier alpha value is -2.67. The van der Waals surface area contributed by atoms with Crippen molar-refractivity contribution in [2.75, 3.05) is 57.3 Å². The Kier molecular flexibility index (Phi) is 6.01. The summed E-state index contributed by atoms with van der Waals surface area (Å²) in [6.07, 6.45) is 4.70. The molecule has 7 heteroatoms. The number of aromatic nitrogens is 2. The molecule has 28 heavy (non-hydrogen) atoms. The van der Waals surface area contributed by atoms with E-state index in [1.165, 1.54) is 12.0 Å². The zero-order valence-corrected chi connectivity index (χ0v) is 16.2. The summed E-state index contributed by atoms with van der Waals surface area (Å²) in [5, 5.41) is 3.08. The van der Waals surface area contributed by atoms with Crippen LogP contribution in [-0.2, 0) is 0 Å². The van der Waals surface area contributed by atoms with Gasteiger partial charge in [-0.25, -0.2) is 14.8 Å². The second kappa shape index (κ2) is 9.01. The van der Waals surface area contributed by atoms with E-state index in [4.69, 9.17) is 0 Å². The topological polar surface area (TPSA) is 64.6 Å². The Labute approximate surface area is 166 Å². The number of hydrogen-bond acceptors (Lipinski definition) is 5. The fourth-order valence-corrected chi connectivity index (χ4v) is 4.03. The normalized spacial score (nSPS) is 20.4. The van der Waals surface area contributed by atoms with Crippen molar-refractivity contribution in [3.05, 3.63) is 54.4 Å². The van der Waals surface area contributed by atoms with Crippen molar-refractivity contribution >= 4 is 12.0 Å². The fourth-order valence-electron chi connectivity index (χ4n) is 4.03. The van der Waals surface area contributed by atoms with Crippen molar-refractivity contribution in [3.63, 3.8) is 0 Å². The van der Waals surface area contributed by atoms with Gasteiger partial charge in [0.25, 0.3) is 0 Å². The van der Waals surface area contributed by atoms with Gasteiger partial charge in [-0.3, -0.25) is 0 Å². The average Bonchev–Trinajstić information content (AvgIpc) is 3.24. The third kappa shape index (κ3) is 4.59. The van der Waals surface area contributed by atoms with Crippen LogP contribution in [0.1, 0.15) is 17.9 Å². The Morgan fingerprint density at radius 2 is 1.75 bits per heavy atom. The van der Waals surface area contributed by atoms with Crippen molar-refractivity contribution in [2.45, 2.75) is 12.3 Å². The number of benzene rings is 1. The van der Waals surface area contributed by atoms with Gasteiger partial charge in [0.15, 0.2) is 0 Å². The Morgan fingerprint density at radius 3 is 2.50 bits per heavy atom. The highest BCUT2D eigenvalue weighted by Crippen LogP contribution is 2.26. The van der Waals surface area contributed by atoms with Crippen LogP contribution in [0.4, 0.5) is 10.7 Å². The molecule has 4 rings (SSSR count). The van der Waals surface area contributed by atoms with Gasteiger partial charge in [0.1, 0.15) is 0 Å². The maximum Gasteiger partial charge on any atom is 0.317 e. The first-order valence-corrected chi connectivity index (χ1v) is 10.1. The lowest BCUT2D eigenvalue weighted by atomic mass is 9.99. The SMILES string of the molecule is O=C(NCCN1CCC(c2ccccc2)C1)N1CCN(c2ncccn2)CC1. The molecule has 1 aromatic heterocycles. The number of hydrogen-bond donors (Lipinski definition) is 1. The first-order valence-electron chi connectivity index (χ1n) is 10.1. The molecule has 2 fully saturated rings. The summed E-state index contributed by atoms with van der Waals surface area (Å²) in [5.74, 6) is 1.36. The number of carbonyl (C=O) groups is 1. The molecule has 1 N–H and O–H groups in total. The molecule has 1 atom stereocenters. The van der Waals surface area contributed by atoms with Gasteiger partial charge >= 0.3 is 6.03 Å². The minimum atomic E-state index is 0.0347. The Balaban J connectivity index is 1.16. The van der Waals surface area contributed by atoms with Gasteiger partial charge in [-0.15, -0.1) is 0 Å². The van der Waals surface area contributed by atoms with Gasteiger partial charge in [-0.1, -0.05) is 30.3 Å². The molecular weight excluding hydrogens is 352 g/mol. The molecule has 0 radical (unpaired) electrons. The first-order chi connectivity index (χ1) is 13.8.